The van der Waals surface area contributed by atoms with Crippen LogP contribution in [0.15, 0.2) is 15.8 Å². The topological polar surface area (TPSA) is 310 Å². The first-order chi connectivity index (χ1) is 16.3. The van der Waals surface area contributed by atoms with Crippen LogP contribution in [-0.4, -0.2) is 107 Å². The molecule has 0 bridgehead atoms. The molecule has 0 aromatic carbocycles. The molecule has 0 saturated carbocycles. The quantitative estimate of drug-likeness (QED) is 0.141. The number of hydrogen-bond donors (Lipinski definition) is 10. The molecule has 196 valence electrons. The van der Waals surface area contributed by atoms with E-state index in [-0.39, 0.29) is 5.56 Å². The third kappa shape index (κ3) is 6.19. The molecule has 1 aliphatic rings. The number of aromatic nitrogens is 2. The maximum Gasteiger partial charge on any atom is 0.404 e. The van der Waals surface area contributed by atoms with Crippen LogP contribution in [0.4, 0.5) is 4.79 Å². The third-order valence-electron chi connectivity index (χ3n) is 5.11. The van der Waals surface area contributed by atoms with E-state index in [1.165, 1.54) is 0 Å². The summed E-state index contributed by atoms with van der Waals surface area (Å²) in [6.45, 7) is -1.63. The molecule has 0 radical (unpaired) electrons. The summed E-state index contributed by atoms with van der Waals surface area (Å²) in [5.41, 5.74) is 7.89. The van der Waals surface area contributed by atoms with E-state index in [0.29, 0.717) is 4.57 Å². The van der Waals surface area contributed by atoms with Crippen molar-refractivity contribution in [3.05, 3.63) is 32.6 Å². The molecule has 18 heteroatoms. The number of carbonyl (C=O) groups is 3. The number of hydrogen-bond acceptors (Lipinski definition) is 13. The number of rotatable bonds is 10. The summed E-state index contributed by atoms with van der Waals surface area (Å²) in [6, 6.07) is -4.05. The number of aliphatic carboxylic acids is 1. The fourth-order valence-corrected chi connectivity index (χ4v) is 3.21. The van der Waals surface area contributed by atoms with Gasteiger partial charge in [0.1, 0.15) is 43.2 Å². The van der Waals surface area contributed by atoms with E-state index in [1.807, 2.05) is 10.3 Å². The lowest BCUT2D eigenvalue weighted by atomic mass is 10.0. The molecule has 0 aliphatic carbocycles. The van der Waals surface area contributed by atoms with Gasteiger partial charge in [0.05, 0.1) is 12.2 Å². The second-order valence-corrected chi connectivity index (χ2v) is 7.49. The van der Waals surface area contributed by atoms with Crippen LogP contribution in [0.3, 0.4) is 0 Å². The fourth-order valence-electron chi connectivity index (χ4n) is 3.21. The lowest BCUT2D eigenvalue weighted by Gasteiger charge is -2.27. The van der Waals surface area contributed by atoms with Gasteiger partial charge in [-0.1, -0.05) is 0 Å². The van der Waals surface area contributed by atoms with Gasteiger partial charge in [0.15, 0.2) is 12.3 Å². The summed E-state index contributed by atoms with van der Waals surface area (Å²) in [5.74, 6) is -3.13. The summed E-state index contributed by atoms with van der Waals surface area (Å²) in [4.78, 5) is 60.3. The predicted octanol–water partition coefficient (Wildman–Crippen LogP) is -6.64. The van der Waals surface area contributed by atoms with Crippen molar-refractivity contribution in [2.45, 2.75) is 55.4 Å². The average molecular weight is 507 g/mol. The van der Waals surface area contributed by atoms with Gasteiger partial charge in [-0.2, -0.15) is 0 Å². The van der Waals surface area contributed by atoms with Gasteiger partial charge in [0.2, 0.25) is 5.91 Å². The molecule has 2 heterocycles. The van der Waals surface area contributed by atoms with Crippen molar-refractivity contribution < 1.29 is 54.5 Å². The highest BCUT2D eigenvalue weighted by molar-refractivity contribution is 5.87. The molecule has 18 nitrogen and oxygen atoms in total. The Morgan fingerprint density at radius 1 is 1.23 bits per heavy atom. The van der Waals surface area contributed by atoms with Crippen LogP contribution in [0.5, 0.6) is 0 Å². The van der Waals surface area contributed by atoms with Crippen LogP contribution < -0.4 is 28.0 Å². The van der Waals surface area contributed by atoms with Crippen molar-refractivity contribution in [3.63, 3.8) is 0 Å². The zero-order chi connectivity index (χ0) is 26.6. The summed E-state index contributed by atoms with van der Waals surface area (Å²) in [7, 11) is 0. The van der Waals surface area contributed by atoms with E-state index in [1.54, 1.807) is 0 Å². The van der Waals surface area contributed by atoms with Gasteiger partial charge in [-0.05, 0) is 0 Å². The number of ether oxygens (including phenoxy) is 2. The zero-order valence-corrected chi connectivity index (χ0v) is 17.8. The maximum atomic E-state index is 12.4. The number of aliphatic hydroxyl groups is 5. The number of nitrogens with two attached hydrogens (primary N) is 2. The summed E-state index contributed by atoms with van der Waals surface area (Å²) >= 11 is 0. The molecular formula is C17H25N5O13. The first kappa shape index (κ1) is 27.9. The summed E-state index contributed by atoms with van der Waals surface area (Å²) < 4.78 is 10.2. The number of aliphatic hydroxyl groups excluding tert-OH is 5. The molecule has 1 fully saturated rings. The van der Waals surface area contributed by atoms with Crippen molar-refractivity contribution >= 4 is 18.0 Å². The smallest absolute Gasteiger partial charge is 0.404 e. The molecule has 12 N–H and O–H groups in total. The molecule has 0 unspecified atom stereocenters. The molecule has 1 aliphatic heterocycles. The Hall–Kier alpha value is -3.39. The van der Waals surface area contributed by atoms with Crippen molar-refractivity contribution in [2.75, 3.05) is 6.61 Å². The first-order valence-electron chi connectivity index (χ1n) is 9.84. The molecule has 0 spiro atoms. The maximum absolute atomic E-state index is 12.4. The van der Waals surface area contributed by atoms with E-state index in [4.69, 9.17) is 16.2 Å². The Labute approximate surface area is 194 Å². The highest BCUT2D eigenvalue weighted by Gasteiger charge is 2.50. The van der Waals surface area contributed by atoms with Crippen LogP contribution in [0.25, 0.3) is 0 Å². The number of carboxylic acids is 1. The van der Waals surface area contributed by atoms with Crippen LogP contribution >= 0.6 is 0 Å². The number of primary amides is 1. The minimum absolute atomic E-state index is 0.305. The molecule has 8 atom stereocenters. The average Bonchev–Trinajstić information content (AvgIpc) is 3.08. The van der Waals surface area contributed by atoms with Gasteiger partial charge in [0, 0.05) is 6.20 Å². The normalized spacial score (nSPS) is 25.3. The Morgan fingerprint density at radius 2 is 1.86 bits per heavy atom. The number of nitrogens with zero attached hydrogens (tertiary/aromatic N) is 1. The SMILES string of the molecule is NC(=O)OC[C@H](O)[C@@H](O)[C@H](N)C(=O)N[C@H](C(=O)O)[C@H]1O[C@@H](n2cc(CO)c(=O)[nH]c2=O)[C@@H](O)[C@H]1O. The molecule has 35 heavy (non-hydrogen) atoms. The van der Waals surface area contributed by atoms with Crippen molar-refractivity contribution in [1.29, 1.82) is 0 Å². The van der Waals surface area contributed by atoms with E-state index in [0.717, 1.165) is 6.20 Å². The second kappa shape index (κ2) is 11.4. The Bertz CT molecular complexity index is 1060. The van der Waals surface area contributed by atoms with Gasteiger partial charge in [0.25, 0.3) is 5.56 Å². The number of carbonyl (C=O) groups excluding carboxylic acids is 2. The largest absolute Gasteiger partial charge is 0.480 e. The van der Waals surface area contributed by atoms with Crippen LogP contribution in [0.2, 0.25) is 0 Å². The fraction of sp³-hybridized carbons (Fsp3) is 0.588. The highest BCUT2D eigenvalue weighted by atomic mass is 16.6. The molecule has 2 rings (SSSR count). The van der Waals surface area contributed by atoms with E-state index < -0.39 is 91.3 Å². The van der Waals surface area contributed by atoms with Crippen LogP contribution in [-0.2, 0) is 25.7 Å². The number of carboxylic acid groups (broad SMARTS) is 1. The van der Waals surface area contributed by atoms with E-state index >= 15 is 0 Å². The van der Waals surface area contributed by atoms with Crippen LogP contribution in [0, 0.1) is 0 Å². The summed E-state index contributed by atoms with van der Waals surface area (Å²) in [5, 5.41) is 61.0. The minimum Gasteiger partial charge on any atom is -0.480 e. The second-order valence-electron chi connectivity index (χ2n) is 7.49. The summed E-state index contributed by atoms with van der Waals surface area (Å²) in [6.07, 6.45) is -11.9. The predicted molar refractivity (Wildman–Crippen MR) is 108 cm³/mol. The molecule has 1 aromatic heterocycles. The number of amides is 2. The van der Waals surface area contributed by atoms with Gasteiger partial charge in [-0.3, -0.25) is 19.1 Å². The monoisotopic (exact) mass is 507 g/mol. The third-order valence-corrected chi connectivity index (χ3v) is 5.11. The van der Waals surface area contributed by atoms with Crippen molar-refractivity contribution in [3.8, 4) is 0 Å². The van der Waals surface area contributed by atoms with Crippen molar-refractivity contribution in [2.24, 2.45) is 11.5 Å². The molecular weight excluding hydrogens is 482 g/mol. The first-order valence-corrected chi connectivity index (χ1v) is 9.84. The Morgan fingerprint density at radius 3 is 2.40 bits per heavy atom. The number of aromatic amines is 1. The highest BCUT2D eigenvalue weighted by Crippen LogP contribution is 2.30. The number of nitrogens with one attached hydrogen (secondary N) is 2. The van der Waals surface area contributed by atoms with Crippen molar-refractivity contribution in [1.82, 2.24) is 14.9 Å². The standard InChI is InChI=1S/C17H25N5O13/c18-6(8(25)5(24)3-34-16(19)32)13(29)20-7(15(30)31)11-9(26)10(27)14(35-11)22-1-4(2-23)12(28)21-17(22)33/h1,5-11,14,23-27H,2-3,18H2,(H2,19,32)(H,20,29)(H,30,31)(H,21,28,33)/t5-,6-,7-,8+,9+,10-,11+,14+/m0/s1. The molecule has 1 aromatic rings. The molecule has 2 amide bonds. The lowest BCUT2D eigenvalue weighted by Crippen LogP contribution is -2.60. The number of H-pyrrole nitrogens is 1. The zero-order valence-electron chi connectivity index (χ0n) is 17.8. The Balaban J connectivity index is 2.22. The van der Waals surface area contributed by atoms with E-state index in [9.17, 15) is 54.6 Å². The van der Waals surface area contributed by atoms with Crippen LogP contribution in [0.1, 0.15) is 11.8 Å². The minimum atomic E-state index is -2.09. The van der Waals surface area contributed by atoms with Gasteiger partial charge in [-0.15, -0.1) is 0 Å². The molecule has 1 saturated heterocycles. The van der Waals surface area contributed by atoms with Gasteiger partial charge >= 0.3 is 17.8 Å². The van der Waals surface area contributed by atoms with Gasteiger partial charge in [-0.25, -0.2) is 14.4 Å². The van der Waals surface area contributed by atoms with E-state index in [2.05, 4.69) is 4.74 Å². The Kier molecular flexibility index (Phi) is 9.04. The lowest BCUT2D eigenvalue weighted by molar-refractivity contribution is -0.150. The van der Waals surface area contributed by atoms with Gasteiger partial charge < -0.3 is 56.9 Å².